The van der Waals surface area contributed by atoms with Gasteiger partial charge in [0, 0.05) is 12.3 Å². The molecule has 5 heteroatoms. The second kappa shape index (κ2) is 5.67. The number of pyridine rings is 1. The fraction of sp³-hybridized carbons (Fsp3) is 0.538. The van der Waals surface area contributed by atoms with Crippen molar-refractivity contribution in [3.05, 3.63) is 23.7 Å². The van der Waals surface area contributed by atoms with Gasteiger partial charge in [0.25, 0.3) is 0 Å². The summed E-state index contributed by atoms with van der Waals surface area (Å²) in [7, 11) is 0. The van der Waals surface area contributed by atoms with Crippen molar-refractivity contribution in [2.24, 2.45) is 0 Å². The number of hydrogen-bond donors (Lipinski definition) is 0. The van der Waals surface area contributed by atoms with Gasteiger partial charge in [-0.1, -0.05) is 0 Å². The van der Waals surface area contributed by atoms with E-state index in [-0.39, 0.29) is 6.04 Å². The van der Waals surface area contributed by atoms with Gasteiger partial charge in [-0.25, -0.2) is 9.97 Å². The maximum absolute atomic E-state index is 5.97. The average Bonchev–Trinajstić information content (AvgIpc) is 2.73. The molecule has 2 aromatic heterocycles. The van der Waals surface area contributed by atoms with Crippen molar-refractivity contribution in [3.63, 3.8) is 0 Å². The fourth-order valence-electron chi connectivity index (χ4n) is 2.04. The van der Waals surface area contributed by atoms with E-state index in [2.05, 4.69) is 21.5 Å². The summed E-state index contributed by atoms with van der Waals surface area (Å²) in [4.78, 5) is 9.07. The lowest BCUT2D eigenvalue weighted by atomic mass is 10.3. The summed E-state index contributed by atoms with van der Waals surface area (Å²) in [5, 5.41) is 0. The van der Waals surface area contributed by atoms with Gasteiger partial charge in [0.15, 0.2) is 5.65 Å². The molecule has 2 aromatic rings. The van der Waals surface area contributed by atoms with Crippen molar-refractivity contribution in [1.29, 1.82) is 0 Å². The summed E-state index contributed by atoms with van der Waals surface area (Å²) in [6.45, 7) is 7.41. The molecule has 0 aliphatic heterocycles. The minimum Gasteiger partial charge on any atom is -0.380 e. The van der Waals surface area contributed by atoms with Gasteiger partial charge in [0.2, 0.25) is 0 Å². The van der Waals surface area contributed by atoms with Crippen LogP contribution in [-0.4, -0.2) is 27.7 Å². The van der Waals surface area contributed by atoms with E-state index in [0.29, 0.717) is 19.1 Å². The van der Waals surface area contributed by atoms with Crippen LogP contribution in [0.2, 0.25) is 0 Å². The standard InChI is InChI=1S/C13H18ClN3O/c1-4-18-8-10(3)17-12(7-14)16-11-6-5-9(2)15-13(11)17/h5-6,10H,4,7-8H2,1-3H3. The average molecular weight is 268 g/mol. The Labute approximate surface area is 112 Å². The first-order valence-electron chi connectivity index (χ1n) is 6.15. The summed E-state index contributed by atoms with van der Waals surface area (Å²) >= 11 is 5.97. The number of aromatic nitrogens is 3. The van der Waals surface area contributed by atoms with E-state index >= 15 is 0 Å². The normalized spacial score (nSPS) is 13.1. The molecule has 0 amide bonds. The molecule has 1 unspecified atom stereocenters. The Kier molecular flexibility index (Phi) is 4.19. The number of imidazole rings is 1. The number of ether oxygens (including phenoxy) is 1. The van der Waals surface area contributed by atoms with Crippen molar-refractivity contribution in [1.82, 2.24) is 14.5 Å². The number of hydrogen-bond acceptors (Lipinski definition) is 3. The highest BCUT2D eigenvalue weighted by atomic mass is 35.5. The van der Waals surface area contributed by atoms with Crippen molar-refractivity contribution >= 4 is 22.8 Å². The molecule has 18 heavy (non-hydrogen) atoms. The Morgan fingerprint density at radius 3 is 2.83 bits per heavy atom. The first-order valence-corrected chi connectivity index (χ1v) is 6.69. The van der Waals surface area contributed by atoms with Gasteiger partial charge in [-0.2, -0.15) is 0 Å². The molecule has 0 bridgehead atoms. The Bertz CT molecular complexity index is 538. The molecular formula is C13H18ClN3O. The van der Waals surface area contributed by atoms with Gasteiger partial charge in [0.05, 0.1) is 18.5 Å². The zero-order valence-electron chi connectivity index (χ0n) is 11.0. The van der Waals surface area contributed by atoms with Gasteiger partial charge in [-0.3, -0.25) is 0 Å². The van der Waals surface area contributed by atoms with Gasteiger partial charge in [0.1, 0.15) is 11.3 Å². The maximum Gasteiger partial charge on any atom is 0.160 e. The van der Waals surface area contributed by atoms with Crippen LogP contribution in [0, 0.1) is 6.92 Å². The zero-order valence-corrected chi connectivity index (χ0v) is 11.7. The lowest BCUT2D eigenvalue weighted by Gasteiger charge is -2.16. The topological polar surface area (TPSA) is 39.9 Å². The van der Waals surface area contributed by atoms with Crippen molar-refractivity contribution in [2.45, 2.75) is 32.7 Å². The third-order valence-electron chi connectivity index (χ3n) is 2.87. The van der Waals surface area contributed by atoms with E-state index in [1.807, 2.05) is 26.0 Å². The molecule has 0 saturated carbocycles. The highest BCUT2D eigenvalue weighted by molar-refractivity contribution is 6.16. The Balaban J connectivity index is 2.48. The van der Waals surface area contributed by atoms with Crippen LogP contribution in [0.3, 0.4) is 0 Å². The minimum absolute atomic E-state index is 0.179. The zero-order chi connectivity index (χ0) is 13.1. The van der Waals surface area contributed by atoms with E-state index in [1.165, 1.54) is 0 Å². The molecule has 4 nitrogen and oxygen atoms in total. The SMILES string of the molecule is CCOCC(C)n1c(CCl)nc2ccc(C)nc21. The molecule has 0 fully saturated rings. The molecule has 0 aliphatic carbocycles. The predicted octanol–water partition coefficient (Wildman–Crippen LogP) is 3.08. The summed E-state index contributed by atoms with van der Waals surface area (Å²) < 4.78 is 7.55. The molecule has 0 aliphatic rings. The summed E-state index contributed by atoms with van der Waals surface area (Å²) in [5.74, 6) is 1.23. The van der Waals surface area contributed by atoms with Gasteiger partial charge < -0.3 is 9.30 Å². The van der Waals surface area contributed by atoms with Gasteiger partial charge >= 0.3 is 0 Å². The summed E-state index contributed by atoms with van der Waals surface area (Å²) in [5.41, 5.74) is 2.76. The molecule has 0 radical (unpaired) electrons. The Morgan fingerprint density at radius 2 is 2.17 bits per heavy atom. The first-order chi connectivity index (χ1) is 8.67. The third-order valence-corrected chi connectivity index (χ3v) is 3.11. The Morgan fingerprint density at radius 1 is 1.39 bits per heavy atom. The smallest absolute Gasteiger partial charge is 0.160 e. The summed E-state index contributed by atoms with van der Waals surface area (Å²) in [6, 6.07) is 4.13. The number of fused-ring (bicyclic) bond motifs is 1. The number of rotatable bonds is 5. The van der Waals surface area contributed by atoms with Crippen LogP contribution in [0.4, 0.5) is 0 Å². The first kappa shape index (κ1) is 13.3. The number of nitrogens with zero attached hydrogens (tertiary/aromatic N) is 3. The Hall–Kier alpha value is -1.13. The molecule has 0 spiro atoms. The molecule has 2 rings (SSSR count). The second-order valence-electron chi connectivity index (χ2n) is 4.34. The number of aryl methyl sites for hydroxylation is 1. The third kappa shape index (κ3) is 2.49. The monoisotopic (exact) mass is 267 g/mol. The lowest BCUT2D eigenvalue weighted by molar-refractivity contribution is 0.119. The number of halogens is 1. The van der Waals surface area contributed by atoms with Crippen LogP contribution >= 0.6 is 11.6 Å². The van der Waals surface area contributed by atoms with Crippen LogP contribution in [0.15, 0.2) is 12.1 Å². The molecule has 0 N–H and O–H groups in total. The van der Waals surface area contributed by atoms with Crippen molar-refractivity contribution < 1.29 is 4.74 Å². The lowest BCUT2D eigenvalue weighted by Crippen LogP contribution is -2.15. The van der Waals surface area contributed by atoms with Gasteiger partial charge in [-0.15, -0.1) is 11.6 Å². The molecule has 0 aromatic carbocycles. The van der Waals surface area contributed by atoms with E-state index in [4.69, 9.17) is 16.3 Å². The quantitative estimate of drug-likeness (QED) is 0.782. The van der Waals surface area contributed by atoms with E-state index < -0.39 is 0 Å². The molecule has 2 heterocycles. The molecule has 98 valence electrons. The molecular weight excluding hydrogens is 250 g/mol. The fourth-order valence-corrected chi connectivity index (χ4v) is 2.22. The van der Waals surface area contributed by atoms with E-state index in [9.17, 15) is 0 Å². The predicted molar refractivity (Wildman–Crippen MR) is 73.0 cm³/mol. The van der Waals surface area contributed by atoms with E-state index in [1.54, 1.807) is 0 Å². The molecule has 1 atom stereocenters. The second-order valence-corrected chi connectivity index (χ2v) is 4.60. The number of alkyl halides is 1. The highest BCUT2D eigenvalue weighted by Crippen LogP contribution is 2.21. The van der Waals surface area contributed by atoms with Crippen LogP contribution in [0.25, 0.3) is 11.2 Å². The largest absolute Gasteiger partial charge is 0.380 e. The highest BCUT2D eigenvalue weighted by Gasteiger charge is 2.16. The minimum atomic E-state index is 0.179. The van der Waals surface area contributed by atoms with Crippen LogP contribution in [0.1, 0.15) is 31.4 Å². The van der Waals surface area contributed by atoms with Gasteiger partial charge in [-0.05, 0) is 32.9 Å². The van der Waals surface area contributed by atoms with Crippen molar-refractivity contribution in [2.75, 3.05) is 13.2 Å². The van der Waals surface area contributed by atoms with Crippen LogP contribution in [0.5, 0.6) is 0 Å². The maximum atomic E-state index is 5.97. The summed E-state index contributed by atoms with van der Waals surface area (Å²) in [6.07, 6.45) is 0. The van der Waals surface area contributed by atoms with E-state index in [0.717, 1.165) is 22.7 Å². The van der Waals surface area contributed by atoms with Crippen LogP contribution < -0.4 is 0 Å². The molecule has 0 saturated heterocycles. The van der Waals surface area contributed by atoms with Crippen molar-refractivity contribution in [3.8, 4) is 0 Å². The van der Waals surface area contributed by atoms with Crippen LogP contribution in [-0.2, 0) is 10.6 Å².